The molecule has 0 aromatic heterocycles. The predicted octanol–water partition coefficient (Wildman–Crippen LogP) is 8.13. The maximum absolute atomic E-state index is 13.5. The molecular formula is C32H44O5. The molecular weight excluding hydrogens is 464 g/mol. The van der Waals surface area contributed by atoms with Crippen molar-refractivity contribution in [2.24, 2.45) is 0 Å². The van der Waals surface area contributed by atoms with Gasteiger partial charge in [-0.3, -0.25) is 0 Å². The van der Waals surface area contributed by atoms with Crippen molar-refractivity contribution in [1.82, 2.24) is 0 Å². The van der Waals surface area contributed by atoms with E-state index in [1.165, 1.54) is 19.3 Å². The number of carbonyl (C=O) groups is 1. The van der Waals surface area contributed by atoms with E-state index in [4.69, 9.17) is 18.9 Å². The molecule has 5 heteroatoms. The van der Waals surface area contributed by atoms with Gasteiger partial charge in [-0.1, -0.05) is 94.0 Å². The van der Waals surface area contributed by atoms with Crippen LogP contribution in [0.1, 0.15) is 82.8 Å². The van der Waals surface area contributed by atoms with Crippen molar-refractivity contribution < 1.29 is 23.7 Å². The number of methoxy groups -OCH3 is 2. The lowest BCUT2D eigenvalue weighted by Gasteiger charge is -2.23. The maximum atomic E-state index is 13.5. The quantitative estimate of drug-likeness (QED) is 0.0751. The van der Waals surface area contributed by atoms with Gasteiger partial charge < -0.3 is 18.9 Å². The van der Waals surface area contributed by atoms with Gasteiger partial charge in [0.2, 0.25) is 0 Å². The number of hydrogen-bond donors (Lipinski definition) is 0. The minimum absolute atomic E-state index is 0.0752. The van der Waals surface area contributed by atoms with Gasteiger partial charge in [0.25, 0.3) is 0 Å². The monoisotopic (exact) mass is 508 g/mol. The van der Waals surface area contributed by atoms with Crippen LogP contribution in [0.4, 0.5) is 0 Å². The lowest BCUT2D eigenvalue weighted by molar-refractivity contribution is -0.162. The largest absolute Gasteiger partial charge is 0.460 e. The van der Waals surface area contributed by atoms with Crippen LogP contribution in [0.2, 0.25) is 0 Å². The summed E-state index contributed by atoms with van der Waals surface area (Å²) < 4.78 is 22.2. The molecule has 0 saturated carbocycles. The molecule has 5 nitrogen and oxygen atoms in total. The number of esters is 1. The molecule has 3 rings (SSSR count). The third kappa shape index (κ3) is 8.80. The SMILES string of the molecule is CCCC[C@H](CCCCCCCCOCOC)OC(=O)[C@@H](OC)c1c2ccccc2cc2ccccc12. The van der Waals surface area contributed by atoms with E-state index in [-0.39, 0.29) is 12.1 Å². The third-order valence-corrected chi connectivity index (χ3v) is 6.95. The molecule has 0 unspecified atom stereocenters. The Balaban J connectivity index is 1.62. The second kappa shape index (κ2) is 16.4. The number of ether oxygens (including phenoxy) is 4. The summed E-state index contributed by atoms with van der Waals surface area (Å²) >= 11 is 0. The van der Waals surface area contributed by atoms with Crippen LogP contribution in [0.3, 0.4) is 0 Å². The molecule has 0 bridgehead atoms. The van der Waals surface area contributed by atoms with Gasteiger partial charge in [-0.15, -0.1) is 0 Å². The zero-order chi connectivity index (χ0) is 26.3. The third-order valence-electron chi connectivity index (χ3n) is 6.95. The molecule has 0 fully saturated rings. The van der Waals surface area contributed by atoms with Gasteiger partial charge >= 0.3 is 5.97 Å². The van der Waals surface area contributed by atoms with E-state index < -0.39 is 6.10 Å². The molecule has 0 heterocycles. The Morgan fingerprint density at radius 3 is 2.00 bits per heavy atom. The lowest BCUT2D eigenvalue weighted by Crippen LogP contribution is -2.25. The molecule has 0 N–H and O–H groups in total. The average Bonchev–Trinajstić information content (AvgIpc) is 2.92. The van der Waals surface area contributed by atoms with Crippen LogP contribution in [0.5, 0.6) is 0 Å². The highest BCUT2D eigenvalue weighted by molar-refractivity contribution is 6.05. The topological polar surface area (TPSA) is 54.0 Å². The van der Waals surface area contributed by atoms with Crippen LogP contribution in [0, 0.1) is 0 Å². The van der Waals surface area contributed by atoms with E-state index in [0.29, 0.717) is 6.79 Å². The summed E-state index contributed by atoms with van der Waals surface area (Å²) in [7, 11) is 3.25. The van der Waals surface area contributed by atoms with Crippen molar-refractivity contribution in [2.75, 3.05) is 27.6 Å². The van der Waals surface area contributed by atoms with Crippen molar-refractivity contribution in [1.29, 1.82) is 0 Å². The van der Waals surface area contributed by atoms with Gasteiger partial charge in [-0.25, -0.2) is 4.79 Å². The second-order valence-electron chi connectivity index (χ2n) is 9.77. The van der Waals surface area contributed by atoms with Crippen molar-refractivity contribution in [3.05, 3.63) is 60.2 Å². The molecule has 0 radical (unpaired) electrons. The highest BCUT2D eigenvalue weighted by atomic mass is 16.7. The number of fused-ring (bicyclic) bond motifs is 2. The zero-order valence-corrected chi connectivity index (χ0v) is 22.9. The Hall–Kier alpha value is -2.47. The fourth-order valence-electron chi connectivity index (χ4n) is 5.01. The fraction of sp³-hybridized carbons (Fsp3) is 0.531. The van der Waals surface area contributed by atoms with Gasteiger partial charge in [0.15, 0.2) is 6.10 Å². The Kier molecular flexibility index (Phi) is 12.9. The fourth-order valence-corrected chi connectivity index (χ4v) is 5.01. The normalized spacial score (nSPS) is 13.2. The van der Waals surface area contributed by atoms with Gasteiger partial charge in [0.05, 0.1) is 0 Å². The Bertz CT molecular complexity index is 1030. The zero-order valence-electron chi connectivity index (χ0n) is 22.9. The first-order chi connectivity index (χ1) is 18.2. The summed E-state index contributed by atoms with van der Waals surface area (Å²) in [5.41, 5.74) is 0.893. The lowest BCUT2D eigenvalue weighted by atomic mass is 9.93. The minimum Gasteiger partial charge on any atom is -0.460 e. The summed E-state index contributed by atoms with van der Waals surface area (Å²) in [5.74, 6) is -0.291. The number of carbonyl (C=O) groups excluding carboxylic acids is 1. The number of rotatable bonds is 18. The molecule has 3 aromatic carbocycles. The van der Waals surface area contributed by atoms with Gasteiger partial charge in [-0.05, 0) is 53.3 Å². The number of benzene rings is 3. The smallest absolute Gasteiger partial charge is 0.340 e. The molecule has 3 aromatic rings. The van der Waals surface area contributed by atoms with E-state index in [1.54, 1.807) is 14.2 Å². The number of hydrogen-bond acceptors (Lipinski definition) is 5. The molecule has 0 saturated heterocycles. The van der Waals surface area contributed by atoms with E-state index in [9.17, 15) is 4.79 Å². The van der Waals surface area contributed by atoms with Gasteiger partial charge in [0.1, 0.15) is 12.9 Å². The van der Waals surface area contributed by atoms with Gasteiger partial charge in [-0.2, -0.15) is 0 Å². The molecule has 0 aliphatic carbocycles. The predicted molar refractivity (Wildman–Crippen MR) is 151 cm³/mol. The second-order valence-corrected chi connectivity index (χ2v) is 9.77. The summed E-state index contributed by atoms with van der Waals surface area (Å²) in [6, 6.07) is 18.5. The van der Waals surface area contributed by atoms with Crippen LogP contribution >= 0.6 is 0 Å². The molecule has 0 aliphatic heterocycles. The molecule has 202 valence electrons. The van der Waals surface area contributed by atoms with Crippen LogP contribution < -0.4 is 0 Å². The van der Waals surface area contributed by atoms with Crippen LogP contribution in [-0.4, -0.2) is 39.7 Å². The summed E-state index contributed by atoms with van der Waals surface area (Å²) in [6.45, 7) is 3.31. The first kappa shape index (κ1) is 29.1. The summed E-state index contributed by atoms with van der Waals surface area (Å²) in [6.07, 6.45) is 9.95. The van der Waals surface area contributed by atoms with E-state index >= 15 is 0 Å². The highest BCUT2D eigenvalue weighted by Crippen LogP contribution is 2.35. The molecule has 2 atom stereocenters. The highest BCUT2D eigenvalue weighted by Gasteiger charge is 2.28. The van der Waals surface area contributed by atoms with E-state index in [2.05, 4.69) is 37.3 Å². The Labute approximate surface area is 222 Å². The van der Waals surface area contributed by atoms with Crippen molar-refractivity contribution in [2.45, 2.75) is 83.3 Å². The summed E-state index contributed by atoms with van der Waals surface area (Å²) in [5, 5.41) is 4.25. The van der Waals surface area contributed by atoms with Crippen LogP contribution in [-0.2, 0) is 23.7 Å². The molecule has 0 amide bonds. The van der Waals surface area contributed by atoms with Crippen LogP contribution in [0.15, 0.2) is 54.6 Å². The molecule has 37 heavy (non-hydrogen) atoms. The first-order valence-corrected chi connectivity index (χ1v) is 13.9. The standard InChI is InChI=1S/C32H44O5/c1-4-5-18-27(19-10-8-6-7-9-15-22-36-24-34-2)37-32(33)31(35-3)30-28-20-13-11-16-25(28)23-26-17-12-14-21-29(26)30/h11-14,16-17,20-21,23,27,31H,4-10,15,18-19,22,24H2,1-3H3/t27-,31+/m1/s1. The van der Waals surface area contributed by atoms with Crippen molar-refractivity contribution in [3.8, 4) is 0 Å². The minimum atomic E-state index is -0.763. The molecule has 0 aliphatic rings. The molecule has 0 spiro atoms. The van der Waals surface area contributed by atoms with Crippen molar-refractivity contribution >= 4 is 27.5 Å². The first-order valence-electron chi connectivity index (χ1n) is 13.9. The average molecular weight is 509 g/mol. The summed E-state index contributed by atoms with van der Waals surface area (Å²) in [4.78, 5) is 13.5. The van der Waals surface area contributed by atoms with E-state index in [0.717, 1.165) is 78.7 Å². The maximum Gasteiger partial charge on any atom is 0.340 e. The van der Waals surface area contributed by atoms with Crippen molar-refractivity contribution in [3.63, 3.8) is 0 Å². The van der Waals surface area contributed by atoms with Crippen LogP contribution in [0.25, 0.3) is 21.5 Å². The Morgan fingerprint density at radius 1 is 0.784 bits per heavy atom. The Morgan fingerprint density at radius 2 is 1.38 bits per heavy atom. The number of unbranched alkanes of at least 4 members (excludes halogenated alkanes) is 6. The van der Waals surface area contributed by atoms with Gasteiger partial charge in [0, 0.05) is 26.4 Å². The van der Waals surface area contributed by atoms with E-state index in [1.807, 2.05) is 24.3 Å².